The lowest BCUT2D eigenvalue weighted by Gasteiger charge is -2.24. The van der Waals surface area contributed by atoms with Gasteiger partial charge >= 0.3 is 0 Å². The highest BCUT2D eigenvalue weighted by molar-refractivity contribution is 5.77. The molecule has 0 bridgehead atoms. The minimum Gasteiger partial charge on any atom is -0.335 e. The van der Waals surface area contributed by atoms with Gasteiger partial charge in [0, 0.05) is 19.0 Å². The molecule has 20 heavy (non-hydrogen) atoms. The van der Waals surface area contributed by atoms with Gasteiger partial charge in [-0.2, -0.15) is 0 Å². The number of halogens is 1. The van der Waals surface area contributed by atoms with Crippen molar-refractivity contribution in [1.82, 2.24) is 4.90 Å². The van der Waals surface area contributed by atoms with Gasteiger partial charge in [0.2, 0.25) is 5.91 Å². The van der Waals surface area contributed by atoms with Gasteiger partial charge in [0.25, 0.3) is 0 Å². The van der Waals surface area contributed by atoms with Crippen molar-refractivity contribution in [3.63, 3.8) is 0 Å². The van der Waals surface area contributed by atoms with Crippen LogP contribution in [0, 0.1) is 11.7 Å². The second-order valence-electron chi connectivity index (χ2n) is 6.23. The Hall–Kier alpha value is -1.38. The van der Waals surface area contributed by atoms with Crippen LogP contribution < -0.4 is 0 Å². The van der Waals surface area contributed by atoms with Crippen LogP contribution in [-0.2, 0) is 11.3 Å². The molecule has 2 aliphatic carbocycles. The quantitative estimate of drug-likeness (QED) is 0.798. The molecule has 0 aliphatic heterocycles. The van der Waals surface area contributed by atoms with Crippen molar-refractivity contribution in [2.75, 3.05) is 0 Å². The first-order valence-corrected chi connectivity index (χ1v) is 7.76. The number of amides is 1. The molecule has 1 amide bonds. The van der Waals surface area contributed by atoms with E-state index >= 15 is 0 Å². The highest BCUT2D eigenvalue weighted by atomic mass is 19.1. The molecule has 0 radical (unpaired) electrons. The van der Waals surface area contributed by atoms with Crippen LogP contribution in [0.15, 0.2) is 24.3 Å². The van der Waals surface area contributed by atoms with Gasteiger partial charge in [-0.15, -0.1) is 0 Å². The molecule has 2 fully saturated rings. The maximum Gasteiger partial charge on any atom is 0.223 e. The largest absolute Gasteiger partial charge is 0.335 e. The summed E-state index contributed by atoms with van der Waals surface area (Å²) in [7, 11) is 0. The van der Waals surface area contributed by atoms with E-state index in [9.17, 15) is 9.18 Å². The summed E-state index contributed by atoms with van der Waals surface area (Å²) >= 11 is 0. The summed E-state index contributed by atoms with van der Waals surface area (Å²) in [6.07, 6.45) is 7.92. The summed E-state index contributed by atoms with van der Waals surface area (Å²) in [5.41, 5.74) is 1.03. The van der Waals surface area contributed by atoms with Gasteiger partial charge in [-0.3, -0.25) is 4.79 Å². The van der Waals surface area contributed by atoms with Crippen molar-refractivity contribution < 1.29 is 9.18 Å². The van der Waals surface area contributed by atoms with Crippen molar-refractivity contribution in [3.05, 3.63) is 35.6 Å². The molecule has 0 atom stereocenters. The highest BCUT2D eigenvalue weighted by Crippen LogP contribution is 2.32. The predicted octanol–water partition coefficient (Wildman–Crippen LogP) is 3.90. The second-order valence-corrected chi connectivity index (χ2v) is 6.23. The Bertz CT molecular complexity index is 460. The van der Waals surface area contributed by atoms with E-state index in [0.717, 1.165) is 18.4 Å². The van der Waals surface area contributed by atoms with Crippen LogP contribution in [-0.4, -0.2) is 16.8 Å². The Kier molecular flexibility index (Phi) is 4.04. The van der Waals surface area contributed by atoms with E-state index in [1.54, 1.807) is 12.1 Å². The fraction of sp³-hybridized carbons (Fsp3) is 0.588. The molecule has 0 spiro atoms. The molecule has 3 rings (SSSR count). The van der Waals surface area contributed by atoms with Gasteiger partial charge in [-0.1, -0.05) is 25.0 Å². The number of carbonyl (C=O) groups is 1. The van der Waals surface area contributed by atoms with E-state index in [4.69, 9.17) is 0 Å². The molecular formula is C17H22FNO. The first-order valence-electron chi connectivity index (χ1n) is 7.76. The molecule has 1 aromatic rings. The van der Waals surface area contributed by atoms with Crippen LogP contribution in [0.4, 0.5) is 4.39 Å². The normalized spacial score (nSPS) is 19.2. The third kappa shape index (κ3) is 3.38. The Morgan fingerprint density at radius 3 is 2.35 bits per heavy atom. The summed E-state index contributed by atoms with van der Waals surface area (Å²) < 4.78 is 12.9. The van der Waals surface area contributed by atoms with Crippen molar-refractivity contribution in [1.29, 1.82) is 0 Å². The molecule has 0 heterocycles. The number of hydrogen-bond donors (Lipinski definition) is 0. The molecular weight excluding hydrogens is 253 g/mol. The summed E-state index contributed by atoms with van der Waals surface area (Å²) in [5, 5.41) is 0. The smallest absolute Gasteiger partial charge is 0.223 e. The van der Waals surface area contributed by atoms with E-state index in [-0.39, 0.29) is 5.82 Å². The molecule has 0 saturated heterocycles. The van der Waals surface area contributed by atoms with Gasteiger partial charge in [0.1, 0.15) is 5.82 Å². The van der Waals surface area contributed by atoms with Crippen molar-refractivity contribution in [2.45, 2.75) is 57.5 Å². The fourth-order valence-electron chi connectivity index (χ4n) is 3.17. The van der Waals surface area contributed by atoms with E-state index in [0.29, 0.717) is 30.8 Å². The molecule has 0 unspecified atom stereocenters. The zero-order valence-corrected chi connectivity index (χ0v) is 11.9. The lowest BCUT2D eigenvalue weighted by molar-refractivity contribution is -0.133. The van der Waals surface area contributed by atoms with Crippen molar-refractivity contribution in [3.8, 4) is 0 Å². The predicted molar refractivity (Wildman–Crippen MR) is 76.5 cm³/mol. The molecule has 108 valence electrons. The Morgan fingerprint density at radius 1 is 1.10 bits per heavy atom. The number of carbonyl (C=O) groups excluding carboxylic acids is 1. The SMILES string of the molecule is O=C(CC1CCCC1)N(Cc1ccc(F)cc1)C1CC1. The van der Waals surface area contributed by atoms with E-state index < -0.39 is 0 Å². The maximum absolute atomic E-state index is 12.9. The molecule has 1 aromatic carbocycles. The average Bonchev–Trinajstić information content (AvgIpc) is 3.15. The first kappa shape index (κ1) is 13.6. The molecule has 2 saturated carbocycles. The van der Waals surface area contributed by atoms with Crippen LogP contribution in [0.3, 0.4) is 0 Å². The van der Waals surface area contributed by atoms with Crippen LogP contribution in [0.25, 0.3) is 0 Å². The minimum atomic E-state index is -0.219. The number of benzene rings is 1. The van der Waals surface area contributed by atoms with Gasteiger partial charge in [-0.25, -0.2) is 4.39 Å². The van der Waals surface area contributed by atoms with Gasteiger partial charge in [-0.05, 0) is 49.3 Å². The number of nitrogens with zero attached hydrogens (tertiary/aromatic N) is 1. The van der Waals surface area contributed by atoms with Crippen LogP contribution in [0.5, 0.6) is 0 Å². The van der Waals surface area contributed by atoms with Crippen LogP contribution in [0.2, 0.25) is 0 Å². The first-order chi connectivity index (χ1) is 9.72. The average molecular weight is 275 g/mol. The molecule has 3 heteroatoms. The van der Waals surface area contributed by atoms with E-state index in [2.05, 4.69) is 0 Å². The molecule has 2 aliphatic rings. The monoisotopic (exact) mass is 275 g/mol. The third-order valence-corrected chi connectivity index (χ3v) is 4.51. The summed E-state index contributed by atoms with van der Waals surface area (Å²) in [6.45, 7) is 0.635. The van der Waals surface area contributed by atoms with Crippen LogP contribution >= 0.6 is 0 Å². The van der Waals surface area contributed by atoms with Crippen LogP contribution in [0.1, 0.15) is 50.5 Å². The third-order valence-electron chi connectivity index (χ3n) is 4.51. The molecule has 2 nitrogen and oxygen atoms in total. The second kappa shape index (κ2) is 5.94. The number of hydrogen-bond acceptors (Lipinski definition) is 1. The summed E-state index contributed by atoms with van der Waals surface area (Å²) in [5.74, 6) is 0.671. The van der Waals surface area contributed by atoms with E-state index in [1.165, 1.54) is 37.8 Å². The highest BCUT2D eigenvalue weighted by Gasteiger charge is 2.33. The van der Waals surface area contributed by atoms with Gasteiger partial charge in [0.15, 0.2) is 0 Å². The van der Waals surface area contributed by atoms with E-state index in [1.807, 2.05) is 4.90 Å². The molecule has 0 N–H and O–H groups in total. The maximum atomic E-state index is 12.9. The summed E-state index contributed by atoms with van der Waals surface area (Å²) in [6, 6.07) is 6.94. The zero-order valence-electron chi connectivity index (χ0n) is 11.9. The molecule has 0 aromatic heterocycles. The fourth-order valence-corrected chi connectivity index (χ4v) is 3.17. The Labute approximate surface area is 120 Å². The van der Waals surface area contributed by atoms with Crippen molar-refractivity contribution in [2.24, 2.45) is 5.92 Å². The number of rotatable bonds is 5. The van der Waals surface area contributed by atoms with Gasteiger partial charge in [0.05, 0.1) is 0 Å². The topological polar surface area (TPSA) is 20.3 Å². The standard InChI is InChI=1S/C17H22FNO/c18-15-7-5-14(6-8-15)12-19(16-9-10-16)17(20)11-13-3-1-2-4-13/h5-8,13,16H,1-4,9-12H2. The zero-order chi connectivity index (χ0) is 13.9. The minimum absolute atomic E-state index is 0.219. The Morgan fingerprint density at radius 2 is 1.75 bits per heavy atom. The summed E-state index contributed by atoms with van der Waals surface area (Å²) in [4.78, 5) is 14.5. The Balaban J connectivity index is 1.62. The lowest BCUT2D eigenvalue weighted by Crippen LogP contribution is -2.33. The lowest BCUT2D eigenvalue weighted by atomic mass is 10.0. The van der Waals surface area contributed by atoms with Gasteiger partial charge < -0.3 is 4.90 Å². The van der Waals surface area contributed by atoms with Crippen molar-refractivity contribution >= 4 is 5.91 Å².